The predicted octanol–water partition coefficient (Wildman–Crippen LogP) is 2.93. The molecule has 3 fully saturated rings. The highest BCUT2D eigenvalue weighted by Crippen LogP contribution is 2.47. The molecule has 3 aliphatic rings. The van der Waals surface area contributed by atoms with E-state index in [0.717, 1.165) is 32.5 Å². The minimum absolute atomic E-state index is 0.0233. The highest BCUT2D eigenvalue weighted by molar-refractivity contribution is 5.91. The van der Waals surface area contributed by atoms with Gasteiger partial charge < -0.3 is 18.8 Å². The fraction of sp³-hybridized carbons (Fsp3) is 0.762. The third-order valence-corrected chi connectivity index (χ3v) is 6.78. The van der Waals surface area contributed by atoms with E-state index >= 15 is 0 Å². The minimum atomic E-state index is 0.0233. The Kier molecular flexibility index (Phi) is 5.85. The summed E-state index contributed by atoms with van der Waals surface area (Å²) in [5.41, 5.74) is 0.226. The van der Waals surface area contributed by atoms with E-state index in [-0.39, 0.29) is 11.4 Å². The first kappa shape index (κ1) is 19.0. The second-order valence-electron chi connectivity index (χ2n) is 8.17. The third kappa shape index (κ3) is 3.67. The zero-order valence-electron chi connectivity index (χ0n) is 16.4. The summed E-state index contributed by atoms with van der Waals surface area (Å²) >= 11 is 0. The highest BCUT2D eigenvalue weighted by atomic mass is 16.5. The number of nitrogens with zero attached hydrogens (tertiary/aromatic N) is 2. The number of piperidine rings is 1. The summed E-state index contributed by atoms with van der Waals surface area (Å²) in [6.45, 7) is 4.01. The van der Waals surface area contributed by atoms with E-state index in [9.17, 15) is 4.79 Å². The molecule has 6 heteroatoms. The molecule has 1 aliphatic carbocycles. The SMILES string of the molecule is COCCOC1CN(C2CCN(C(=O)c3ccco3)CC2)C12CCCCC2. The molecule has 1 unspecified atom stereocenters. The van der Waals surface area contributed by atoms with Gasteiger partial charge in [0.25, 0.3) is 5.91 Å². The highest BCUT2D eigenvalue weighted by Gasteiger charge is 2.56. The van der Waals surface area contributed by atoms with E-state index < -0.39 is 0 Å². The molecule has 2 saturated heterocycles. The molecule has 1 spiro atoms. The Hall–Kier alpha value is -1.37. The van der Waals surface area contributed by atoms with Gasteiger partial charge in [-0.3, -0.25) is 9.69 Å². The monoisotopic (exact) mass is 376 g/mol. The van der Waals surface area contributed by atoms with Crippen molar-refractivity contribution < 1.29 is 18.7 Å². The normalized spacial score (nSPS) is 26.3. The number of carbonyl (C=O) groups is 1. The second kappa shape index (κ2) is 8.33. The van der Waals surface area contributed by atoms with Crippen LogP contribution in [0.15, 0.2) is 22.8 Å². The lowest BCUT2D eigenvalue weighted by atomic mass is 9.69. The molecule has 2 aliphatic heterocycles. The number of rotatable bonds is 6. The molecule has 27 heavy (non-hydrogen) atoms. The fourth-order valence-corrected chi connectivity index (χ4v) is 5.31. The van der Waals surface area contributed by atoms with E-state index in [4.69, 9.17) is 13.9 Å². The number of likely N-dealkylation sites (tertiary alicyclic amines) is 2. The predicted molar refractivity (Wildman–Crippen MR) is 102 cm³/mol. The Labute approximate surface area is 161 Å². The molecule has 1 aromatic heterocycles. The number of ether oxygens (including phenoxy) is 2. The van der Waals surface area contributed by atoms with Crippen LogP contribution in [0.2, 0.25) is 0 Å². The second-order valence-corrected chi connectivity index (χ2v) is 8.17. The quantitative estimate of drug-likeness (QED) is 0.715. The molecule has 0 bridgehead atoms. The molecule has 0 N–H and O–H groups in total. The minimum Gasteiger partial charge on any atom is -0.459 e. The van der Waals surface area contributed by atoms with Crippen LogP contribution in [0.5, 0.6) is 0 Å². The topological polar surface area (TPSA) is 55.2 Å². The third-order valence-electron chi connectivity index (χ3n) is 6.78. The maximum absolute atomic E-state index is 12.5. The van der Waals surface area contributed by atoms with Crippen molar-refractivity contribution in [2.45, 2.75) is 62.6 Å². The average Bonchev–Trinajstić information content (AvgIpc) is 3.25. The van der Waals surface area contributed by atoms with Crippen molar-refractivity contribution >= 4 is 5.91 Å². The van der Waals surface area contributed by atoms with Gasteiger partial charge >= 0.3 is 0 Å². The Bertz CT molecular complexity index is 604. The maximum Gasteiger partial charge on any atom is 0.289 e. The standard InChI is InChI=1S/C21H32N2O4/c1-25-14-15-27-19-16-23(21(19)9-3-2-4-10-21)17-7-11-22(12-8-17)20(24)18-6-5-13-26-18/h5-6,13,17,19H,2-4,7-12,14-16H2,1H3. The smallest absolute Gasteiger partial charge is 0.289 e. The first-order valence-electron chi connectivity index (χ1n) is 10.4. The summed E-state index contributed by atoms with van der Waals surface area (Å²) in [4.78, 5) is 17.2. The van der Waals surface area contributed by atoms with Crippen LogP contribution in [-0.4, -0.2) is 73.3 Å². The van der Waals surface area contributed by atoms with E-state index in [2.05, 4.69) is 4.90 Å². The van der Waals surface area contributed by atoms with Gasteiger partial charge in [-0.25, -0.2) is 0 Å². The molecule has 1 saturated carbocycles. The Balaban J connectivity index is 1.35. The van der Waals surface area contributed by atoms with Gasteiger partial charge in [-0.1, -0.05) is 19.3 Å². The lowest BCUT2D eigenvalue weighted by Crippen LogP contribution is -2.75. The average molecular weight is 376 g/mol. The lowest BCUT2D eigenvalue weighted by Gasteiger charge is -2.63. The van der Waals surface area contributed by atoms with Gasteiger partial charge in [0.05, 0.1) is 25.6 Å². The van der Waals surface area contributed by atoms with E-state index in [1.54, 1.807) is 25.5 Å². The molecular formula is C21H32N2O4. The lowest BCUT2D eigenvalue weighted by molar-refractivity contribution is -0.203. The first-order chi connectivity index (χ1) is 13.2. The molecule has 150 valence electrons. The summed E-state index contributed by atoms with van der Waals surface area (Å²) in [5, 5.41) is 0. The van der Waals surface area contributed by atoms with Crippen molar-refractivity contribution in [3.8, 4) is 0 Å². The van der Waals surface area contributed by atoms with Gasteiger partial charge in [-0.15, -0.1) is 0 Å². The molecular weight excluding hydrogens is 344 g/mol. The van der Waals surface area contributed by atoms with Gasteiger partial charge in [-0.05, 0) is 37.8 Å². The van der Waals surface area contributed by atoms with E-state index in [1.165, 1.54) is 32.1 Å². The number of amides is 1. The number of hydrogen-bond donors (Lipinski definition) is 0. The van der Waals surface area contributed by atoms with Gasteiger partial charge in [0.1, 0.15) is 0 Å². The molecule has 0 aromatic carbocycles. The van der Waals surface area contributed by atoms with Crippen LogP contribution >= 0.6 is 0 Å². The van der Waals surface area contributed by atoms with E-state index in [0.29, 0.717) is 31.1 Å². The van der Waals surface area contributed by atoms with Crippen LogP contribution in [0.4, 0.5) is 0 Å². The fourth-order valence-electron chi connectivity index (χ4n) is 5.31. The van der Waals surface area contributed by atoms with Crippen molar-refractivity contribution in [2.75, 3.05) is 40.0 Å². The summed E-state index contributed by atoms with van der Waals surface area (Å²) < 4.78 is 16.6. The molecule has 6 nitrogen and oxygen atoms in total. The first-order valence-corrected chi connectivity index (χ1v) is 10.4. The van der Waals surface area contributed by atoms with Crippen LogP contribution in [0.3, 0.4) is 0 Å². The summed E-state index contributed by atoms with van der Waals surface area (Å²) in [5.74, 6) is 0.475. The largest absolute Gasteiger partial charge is 0.459 e. The summed E-state index contributed by atoms with van der Waals surface area (Å²) in [6.07, 6.45) is 10.4. The Morgan fingerprint density at radius 3 is 2.67 bits per heavy atom. The molecule has 1 atom stereocenters. The van der Waals surface area contributed by atoms with E-state index in [1.807, 2.05) is 4.90 Å². The molecule has 0 radical (unpaired) electrons. The van der Waals surface area contributed by atoms with Gasteiger partial charge in [0.2, 0.25) is 0 Å². The van der Waals surface area contributed by atoms with Gasteiger partial charge in [0, 0.05) is 38.3 Å². The zero-order chi connectivity index (χ0) is 18.7. The number of methoxy groups -OCH3 is 1. The zero-order valence-corrected chi connectivity index (χ0v) is 16.4. The van der Waals surface area contributed by atoms with Crippen LogP contribution in [0.1, 0.15) is 55.5 Å². The van der Waals surface area contributed by atoms with Crippen molar-refractivity contribution in [1.82, 2.24) is 9.80 Å². The van der Waals surface area contributed by atoms with Crippen molar-refractivity contribution in [3.05, 3.63) is 24.2 Å². The van der Waals surface area contributed by atoms with Crippen molar-refractivity contribution in [2.24, 2.45) is 0 Å². The molecule has 1 aromatic rings. The van der Waals surface area contributed by atoms with Crippen molar-refractivity contribution in [3.63, 3.8) is 0 Å². The number of hydrogen-bond acceptors (Lipinski definition) is 5. The van der Waals surface area contributed by atoms with Crippen LogP contribution in [0, 0.1) is 0 Å². The van der Waals surface area contributed by atoms with Gasteiger partial charge in [-0.2, -0.15) is 0 Å². The number of carbonyl (C=O) groups excluding carboxylic acids is 1. The Morgan fingerprint density at radius 1 is 1.22 bits per heavy atom. The number of furan rings is 1. The Morgan fingerprint density at radius 2 is 2.00 bits per heavy atom. The molecule has 3 heterocycles. The van der Waals surface area contributed by atoms with Crippen LogP contribution in [0.25, 0.3) is 0 Å². The molecule has 4 rings (SSSR count). The van der Waals surface area contributed by atoms with Crippen molar-refractivity contribution in [1.29, 1.82) is 0 Å². The van der Waals surface area contributed by atoms with Crippen LogP contribution in [-0.2, 0) is 9.47 Å². The summed E-state index contributed by atoms with van der Waals surface area (Å²) in [6, 6.07) is 4.09. The van der Waals surface area contributed by atoms with Gasteiger partial charge in [0.15, 0.2) is 5.76 Å². The molecule has 1 amide bonds. The maximum atomic E-state index is 12.5. The van der Waals surface area contributed by atoms with Crippen LogP contribution < -0.4 is 0 Å². The summed E-state index contributed by atoms with van der Waals surface area (Å²) in [7, 11) is 1.73.